The normalized spacial score (nSPS) is 23.9. The maximum atomic E-state index is 13.1. The Morgan fingerprint density at radius 2 is 0.765 bits per heavy atom. The minimum absolute atomic E-state index is 0.0630. The van der Waals surface area contributed by atoms with E-state index in [1.165, 1.54) is 212 Å². The fourth-order valence-corrected chi connectivity index (χ4v) is 10.7. The van der Waals surface area contributed by atoms with Crippen LogP contribution in [-0.2, 0) is 33.2 Å². The highest BCUT2D eigenvalue weighted by Gasteiger charge is 2.47. The van der Waals surface area contributed by atoms with Crippen LogP contribution >= 0.6 is 0 Å². The van der Waals surface area contributed by atoms with Crippen LogP contribution in [0.5, 0.6) is 0 Å². The van der Waals surface area contributed by atoms with Crippen molar-refractivity contribution in [1.82, 2.24) is 0 Å². The van der Waals surface area contributed by atoms with Gasteiger partial charge in [-0.1, -0.05) is 243 Å². The molecule has 0 bridgehead atoms. The molecule has 0 saturated carbocycles. The van der Waals surface area contributed by atoms with Crippen LogP contribution in [0, 0.1) is 0 Å². The van der Waals surface area contributed by atoms with Gasteiger partial charge in [-0.05, 0) is 70.6 Å². The van der Waals surface area contributed by atoms with Gasteiger partial charge in [-0.2, -0.15) is 0 Å². The molecule has 2 aliphatic rings. The van der Waals surface area contributed by atoms with E-state index >= 15 is 0 Å². The Bertz CT molecular complexity index is 1480. The monoisotopic (exact) mass is 1150 g/mol. The number of carbonyl (C=O) groups is 1. The fourth-order valence-electron chi connectivity index (χ4n) is 10.7. The van der Waals surface area contributed by atoms with E-state index in [1.54, 1.807) is 0 Å². The Kier molecular flexibility index (Phi) is 49.9. The number of hydrogen-bond acceptors (Lipinski definition) is 14. The number of unbranched alkanes of at least 4 members (excludes halogenated alkanes) is 36. The summed E-state index contributed by atoms with van der Waals surface area (Å²) in [6.45, 7) is 3.73. The van der Waals surface area contributed by atoms with Gasteiger partial charge in [0.1, 0.15) is 54.9 Å². The summed E-state index contributed by atoms with van der Waals surface area (Å²) in [7, 11) is 0. The van der Waals surface area contributed by atoms with Crippen molar-refractivity contribution in [3.63, 3.8) is 0 Å². The van der Waals surface area contributed by atoms with Crippen molar-refractivity contribution < 1.29 is 69.0 Å². The standard InChI is InChI=1S/C67H124O14/c1-3-5-7-9-11-13-15-17-19-21-23-25-27-29-31-33-35-37-39-41-43-45-47-49-51-76-53-56(54-77-66-65(75)63(73)61(71)58(81-66)55-78-67-64(74)62(72)60(70)57(52-68)80-67)79-59(69)50-48-46-44-42-40-38-36-34-32-30-28-26-24-22-20-18-16-14-12-10-8-6-4-2/h15,17,21-24,56-58,60-68,70-75H,3-14,16,18-20,25-55H2,1-2H3/b17-15-,23-21-,24-22-. The van der Waals surface area contributed by atoms with Crippen molar-refractivity contribution in [3.8, 4) is 0 Å². The first kappa shape index (κ1) is 75.3. The molecular formula is C67H124O14. The van der Waals surface area contributed by atoms with Gasteiger partial charge < -0.3 is 64.2 Å². The zero-order chi connectivity index (χ0) is 58.6. The van der Waals surface area contributed by atoms with Crippen LogP contribution in [0.4, 0.5) is 0 Å². The highest BCUT2D eigenvalue weighted by Crippen LogP contribution is 2.27. The van der Waals surface area contributed by atoms with Gasteiger partial charge in [0.05, 0.1) is 26.4 Å². The smallest absolute Gasteiger partial charge is 0.306 e. The molecule has 476 valence electrons. The maximum absolute atomic E-state index is 13.1. The average Bonchev–Trinajstić information content (AvgIpc) is 3.46. The third-order valence-corrected chi connectivity index (χ3v) is 16.1. The fraction of sp³-hybridized carbons (Fsp3) is 0.896. The molecule has 2 saturated heterocycles. The molecule has 11 unspecified atom stereocenters. The van der Waals surface area contributed by atoms with Gasteiger partial charge in [-0.3, -0.25) is 4.79 Å². The van der Waals surface area contributed by atoms with E-state index in [9.17, 15) is 40.5 Å². The Morgan fingerprint density at radius 3 is 1.20 bits per heavy atom. The van der Waals surface area contributed by atoms with E-state index < -0.39 is 80.7 Å². The number of aliphatic hydroxyl groups excluding tert-OH is 7. The first-order valence-corrected chi connectivity index (χ1v) is 33.6. The summed E-state index contributed by atoms with van der Waals surface area (Å²) in [5.41, 5.74) is 0. The number of allylic oxidation sites excluding steroid dienone is 6. The number of ether oxygens (including phenoxy) is 6. The Balaban J connectivity index is 1.65. The topological polar surface area (TPSA) is 214 Å². The minimum atomic E-state index is -1.71. The summed E-state index contributed by atoms with van der Waals surface area (Å²) in [5, 5.41) is 72.6. The van der Waals surface area contributed by atoms with E-state index in [2.05, 4.69) is 50.3 Å². The molecule has 0 aliphatic carbocycles. The molecule has 0 amide bonds. The highest BCUT2D eigenvalue weighted by atomic mass is 16.7. The molecule has 14 nitrogen and oxygen atoms in total. The third kappa shape index (κ3) is 39.5. The second-order valence-corrected chi connectivity index (χ2v) is 23.6. The molecule has 0 radical (unpaired) electrons. The molecule has 7 N–H and O–H groups in total. The molecule has 2 aliphatic heterocycles. The third-order valence-electron chi connectivity index (χ3n) is 16.1. The summed E-state index contributed by atoms with van der Waals surface area (Å²) >= 11 is 0. The average molecular weight is 1150 g/mol. The van der Waals surface area contributed by atoms with Gasteiger partial charge in [0.2, 0.25) is 0 Å². The molecule has 81 heavy (non-hydrogen) atoms. The summed E-state index contributed by atoms with van der Waals surface area (Å²) in [6, 6.07) is 0. The van der Waals surface area contributed by atoms with Crippen LogP contribution < -0.4 is 0 Å². The van der Waals surface area contributed by atoms with E-state index in [0.717, 1.165) is 44.9 Å². The van der Waals surface area contributed by atoms with Crippen molar-refractivity contribution in [3.05, 3.63) is 36.5 Å². The summed E-state index contributed by atoms with van der Waals surface area (Å²) in [6.07, 6.45) is 49.2. The number of aliphatic hydroxyl groups is 7. The maximum Gasteiger partial charge on any atom is 0.306 e. The molecule has 2 rings (SSSR count). The number of esters is 1. The number of rotatable bonds is 56. The molecular weight excluding hydrogens is 1030 g/mol. The second-order valence-electron chi connectivity index (χ2n) is 23.6. The quantitative estimate of drug-likeness (QED) is 0.0171. The molecule has 0 aromatic heterocycles. The van der Waals surface area contributed by atoms with Gasteiger partial charge in [0, 0.05) is 13.0 Å². The van der Waals surface area contributed by atoms with E-state index in [4.69, 9.17) is 28.4 Å². The van der Waals surface area contributed by atoms with Crippen LogP contribution in [-0.4, -0.2) is 142 Å². The van der Waals surface area contributed by atoms with Crippen molar-refractivity contribution in [2.24, 2.45) is 0 Å². The first-order valence-electron chi connectivity index (χ1n) is 33.6. The molecule has 14 heteroatoms. The van der Waals surface area contributed by atoms with Crippen molar-refractivity contribution >= 4 is 5.97 Å². The van der Waals surface area contributed by atoms with Crippen LogP contribution in [0.25, 0.3) is 0 Å². The van der Waals surface area contributed by atoms with Crippen LogP contribution in [0.2, 0.25) is 0 Å². The lowest BCUT2D eigenvalue weighted by molar-refractivity contribution is -0.332. The zero-order valence-corrected chi connectivity index (χ0v) is 51.5. The Hall–Kier alpha value is -1.79. The SMILES string of the molecule is CCCCCCC/C=C\C/C=C\CCCCCCCCCCCCCCOCC(COC1OC(COC2OC(CO)C(O)C(O)C2O)C(O)C(O)C1O)OC(=O)CCCCCCCCCCCCC/C=C\CCCCCCCCCC. The summed E-state index contributed by atoms with van der Waals surface area (Å²) in [4.78, 5) is 13.1. The lowest BCUT2D eigenvalue weighted by Crippen LogP contribution is -2.61. The van der Waals surface area contributed by atoms with Crippen molar-refractivity contribution in [1.29, 1.82) is 0 Å². The van der Waals surface area contributed by atoms with Crippen molar-refractivity contribution in [2.45, 2.75) is 351 Å². The Labute approximate surface area is 493 Å². The molecule has 2 heterocycles. The summed E-state index contributed by atoms with van der Waals surface area (Å²) in [5.74, 6) is -0.372. The molecule has 11 atom stereocenters. The van der Waals surface area contributed by atoms with E-state index in [1.807, 2.05) is 0 Å². The lowest BCUT2D eigenvalue weighted by atomic mass is 9.98. The number of carbonyl (C=O) groups excluding carboxylic acids is 1. The first-order chi connectivity index (χ1) is 39.6. The van der Waals surface area contributed by atoms with Gasteiger partial charge in [-0.15, -0.1) is 0 Å². The van der Waals surface area contributed by atoms with E-state index in [0.29, 0.717) is 13.0 Å². The minimum Gasteiger partial charge on any atom is -0.457 e. The zero-order valence-electron chi connectivity index (χ0n) is 51.5. The lowest BCUT2D eigenvalue weighted by Gasteiger charge is -2.42. The van der Waals surface area contributed by atoms with Crippen LogP contribution in [0.1, 0.15) is 284 Å². The van der Waals surface area contributed by atoms with Crippen LogP contribution in [0.15, 0.2) is 36.5 Å². The van der Waals surface area contributed by atoms with Gasteiger partial charge in [0.15, 0.2) is 12.6 Å². The molecule has 0 aromatic carbocycles. The molecule has 0 spiro atoms. The van der Waals surface area contributed by atoms with Crippen molar-refractivity contribution in [2.75, 3.05) is 33.0 Å². The predicted molar refractivity (Wildman–Crippen MR) is 326 cm³/mol. The van der Waals surface area contributed by atoms with Gasteiger partial charge >= 0.3 is 5.97 Å². The van der Waals surface area contributed by atoms with E-state index in [-0.39, 0.29) is 25.6 Å². The van der Waals surface area contributed by atoms with Gasteiger partial charge in [0.25, 0.3) is 0 Å². The molecule has 2 fully saturated rings. The Morgan fingerprint density at radius 1 is 0.407 bits per heavy atom. The molecule has 0 aromatic rings. The second kappa shape index (κ2) is 53.7. The summed E-state index contributed by atoms with van der Waals surface area (Å²) < 4.78 is 34.5. The predicted octanol–water partition coefficient (Wildman–Crippen LogP) is 13.6. The highest BCUT2D eigenvalue weighted by molar-refractivity contribution is 5.69. The van der Waals surface area contributed by atoms with Crippen LogP contribution in [0.3, 0.4) is 0 Å². The number of hydrogen-bond donors (Lipinski definition) is 7. The largest absolute Gasteiger partial charge is 0.457 e. The van der Waals surface area contributed by atoms with Gasteiger partial charge in [-0.25, -0.2) is 0 Å².